The molecule has 0 spiro atoms. The Morgan fingerprint density at radius 2 is 1.28 bits per heavy atom. The minimum atomic E-state index is -1.66. The zero-order chi connectivity index (χ0) is 17.3. The quantitative estimate of drug-likeness (QED) is 0.625. The molecule has 1 aromatic heterocycles. The van der Waals surface area contributed by atoms with Crippen molar-refractivity contribution in [2.45, 2.75) is 5.60 Å². The summed E-state index contributed by atoms with van der Waals surface area (Å²) in [6.07, 6.45) is 0. The Labute approximate surface area is 144 Å². The molecule has 0 radical (unpaired) electrons. The van der Waals surface area contributed by atoms with Crippen molar-refractivity contribution in [2.75, 3.05) is 0 Å². The number of rotatable bonds is 3. The van der Waals surface area contributed by atoms with E-state index in [1.165, 1.54) is 0 Å². The molecule has 0 aliphatic rings. The first-order valence-electron chi connectivity index (χ1n) is 7.93. The second-order valence-corrected chi connectivity index (χ2v) is 5.77. The minimum Gasteiger partial charge on any atom is -0.404 e. The van der Waals surface area contributed by atoms with E-state index >= 15 is 0 Å². The molecule has 4 nitrogen and oxygen atoms in total. The number of aromatic nitrogens is 1. The smallest absolute Gasteiger partial charge is 0.346 e. The second-order valence-electron chi connectivity index (χ2n) is 5.77. The van der Waals surface area contributed by atoms with Gasteiger partial charge < -0.3 is 9.52 Å². The standard InChI is InChI=1S/C21H15NO3/c23-19-17-13-7-8-14-18(17)22-20(25-19)21(24,15-9-3-1-4-10-15)16-11-5-2-6-12-16/h1-14,24H. The van der Waals surface area contributed by atoms with E-state index in [0.717, 1.165) is 0 Å². The van der Waals surface area contributed by atoms with E-state index in [9.17, 15) is 9.90 Å². The molecule has 1 heterocycles. The molecular formula is C21H15NO3. The SMILES string of the molecule is O=c1oc(C(O)(c2ccccc2)c2ccccc2)nc2ccccc12. The maximum Gasteiger partial charge on any atom is 0.346 e. The van der Waals surface area contributed by atoms with Gasteiger partial charge in [-0.15, -0.1) is 0 Å². The lowest BCUT2D eigenvalue weighted by molar-refractivity contribution is 0.0882. The fourth-order valence-electron chi connectivity index (χ4n) is 2.95. The Bertz CT molecular complexity index is 1030. The molecule has 0 unspecified atom stereocenters. The molecule has 0 fully saturated rings. The van der Waals surface area contributed by atoms with Crippen LogP contribution in [-0.4, -0.2) is 10.1 Å². The van der Waals surface area contributed by atoms with Gasteiger partial charge >= 0.3 is 5.63 Å². The Morgan fingerprint density at radius 3 is 1.88 bits per heavy atom. The van der Waals surface area contributed by atoms with Crippen LogP contribution >= 0.6 is 0 Å². The van der Waals surface area contributed by atoms with Crippen LogP contribution in [0.2, 0.25) is 0 Å². The fourth-order valence-corrected chi connectivity index (χ4v) is 2.95. The van der Waals surface area contributed by atoms with Gasteiger partial charge in [0, 0.05) is 0 Å². The Hall–Kier alpha value is -3.24. The lowest BCUT2D eigenvalue weighted by Crippen LogP contribution is -2.31. The summed E-state index contributed by atoms with van der Waals surface area (Å²) in [5.74, 6) is -0.0476. The zero-order valence-corrected chi connectivity index (χ0v) is 13.3. The molecule has 1 N–H and O–H groups in total. The van der Waals surface area contributed by atoms with Crippen molar-refractivity contribution < 1.29 is 9.52 Å². The molecule has 4 heteroatoms. The van der Waals surface area contributed by atoms with Crippen LogP contribution in [0, 0.1) is 0 Å². The minimum absolute atomic E-state index is 0.0476. The fraction of sp³-hybridized carbons (Fsp3) is 0.0476. The van der Waals surface area contributed by atoms with Crippen LogP contribution in [0.1, 0.15) is 17.0 Å². The predicted molar refractivity (Wildman–Crippen MR) is 95.3 cm³/mol. The average molecular weight is 329 g/mol. The number of fused-ring (bicyclic) bond motifs is 1. The molecule has 0 bridgehead atoms. The molecule has 4 aromatic rings. The summed E-state index contributed by atoms with van der Waals surface area (Å²) < 4.78 is 5.45. The summed E-state index contributed by atoms with van der Waals surface area (Å²) in [5, 5.41) is 12.0. The first-order valence-corrected chi connectivity index (χ1v) is 7.93. The van der Waals surface area contributed by atoms with Gasteiger partial charge in [0.1, 0.15) is 0 Å². The molecule has 3 aromatic carbocycles. The van der Waals surface area contributed by atoms with Gasteiger partial charge in [-0.2, -0.15) is 0 Å². The van der Waals surface area contributed by atoms with E-state index in [1.807, 2.05) is 36.4 Å². The van der Waals surface area contributed by atoms with E-state index < -0.39 is 11.2 Å². The topological polar surface area (TPSA) is 63.3 Å². The van der Waals surface area contributed by atoms with Gasteiger partial charge in [0.2, 0.25) is 5.89 Å². The predicted octanol–water partition coefficient (Wildman–Crippen LogP) is 3.47. The third-order valence-corrected chi connectivity index (χ3v) is 4.23. The van der Waals surface area contributed by atoms with Crippen molar-refractivity contribution in [1.82, 2.24) is 4.98 Å². The Balaban J connectivity index is 2.04. The second kappa shape index (κ2) is 6.00. The molecular weight excluding hydrogens is 314 g/mol. The van der Waals surface area contributed by atoms with Gasteiger partial charge in [-0.05, 0) is 23.3 Å². The molecule has 0 aliphatic heterocycles. The highest BCUT2D eigenvalue weighted by molar-refractivity contribution is 5.76. The van der Waals surface area contributed by atoms with E-state index in [0.29, 0.717) is 22.0 Å². The van der Waals surface area contributed by atoms with Crippen molar-refractivity contribution in [2.24, 2.45) is 0 Å². The largest absolute Gasteiger partial charge is 0.404 e. The highest BCUT2D eigenvalue weighted by atomic mass is 16.4. The van der Waals surface area contributed by atoms with Crippen LogP contribution in [-0.2, 0) is 5.60 Å². The monoisotopic (exact) mass is 329 g/mol. The third kappa shape index (κ3) is 2.53. The van der Waals surface area contributed by atoms with Gasteiger partial charge in [0.15, 0.2) is 5.60 Å². The zero-order valence-electron chi connectivity index (χ0n) is 13.3. The van der Waals surface area contributed by atoms with Crippen molar-refractivity contribution in [3.8, 4) is 0 Å². The third-order valence-electron chi connectivity index (χ3n) is 4.23. The number of hydrogen-bond donors (Lipinski definition) is 1. The summed E-state index contributed by atoms with van der Waals surface area (Å²) in [5.41, 5.74) is -0.546. The normalized spacial score (nSPS) is 11.6. The number of hydrogen-bond acceptors (Lipinski definition) is 4. The molecule has 0 saturated heterocycles. The van der Waals surface area contributed by atoms with Crippen LogP contribution < -0.4 is 5.63 Å². The summed E-state index contributed by atoms with van der Waals surface area (Å²) in [4.78, 5) is 16.8. The van der Waals surface area contributed by atoms with E-state index in [2.05, 4.69) is 4.98 Å². The maximum atomic E-state index is 12.4. The number of aliphatic hydroxyl groups is 1. The van der Waals surface area contributed by atoms with Gasteiger partial charge in [-0.1, -0.05) is 72.8 Å². The highest BCUT2D eigenvalue weighted by Crippen LogP contribution is 2.35. The molecule has 0 atom stereocenters. The average Bonchev–Trinajstić information content (AvgIpc) is 2.68. The molecule has 0 saturated carbocycles. The maximum absolute atomic E-state index is 12.4. The van der Waals surface area contributed by atoms with Crippen molar-refractivity contribution >= 4 is 10.9 Å². The highest BCUT2D eigenvalue weighted by Gasteiger charge is 2.38. The first-order chi connectivity index (χ1) is 12.2. The molecule has 25 heavy (non-hydrogen) atoms. The van der Waals surface area contributed by atoms with Gasteiger partial charge in [-0.3, -0.25) is 0 Å². The summed E-state index contributed by atoms with van der Waals surface area (Å²) in [6, 6.07) is 25.1. The Morgan fingerprint density at radius 1 is 0.760 bits per heavy atom. The number of nitrogens with zero attached hydrogens (tertiary/aromatic N) is 1. The lowest BCUT2D eigenvalue weighted by atomic mass is 9.86. The first kappa shape index (κ1) is 15.3. The van der Waals surface area contributed by atoms with Crippen molar-refractivity contribution in [3.05, 3.63) is 112 Å². The number of benzene rings is 3. The van der Waals surface area contributed by atoms with Gasteiger partial charge in [0.05, 0.1) is 10.9 Å². The summed E-state index contributed by atoms with van der Waals surface area (Å²) in [6.45, 7) is 0. The van der Waals surface area contributed by atoms with Gasteiger partial charge in [0.25, 0.3) is 0 Å². The number of para-hydroxylation sites is 1. The van der Waals surface area contributed by atoms with Crippen molar-refractivity contribution in [3.63, 3.8) is 0 Å². The summed E-state index contributed by atoms with van der Waals surface area (Å²) in [7, 11) is 0. The molecule has 4 rings (SSSR count). The van der Waals surface area contributed by atoms with Crippen LogP contribution in [0.15, 0.2) is 94.1 Å². The van der Waals surface area contributed by atoms with Crippen LogP contribution in [0.5, 0.6) is 0 Å². The van der Waals surface area contributed by atoms with E-state index in [1.54, 1.807) is 48.5 Å². The molecule has 0 amide bonds. The lowest BCUT2D eigenvalue weighted by Gasteiger charge is -2.27. The van der Waals surface area contributed by atoms with E-state index in [-0.39, 0.29) is 5.89 Å². The van der Waals surface area contributed by atoms with Crippen LogP contribution in [0.4, 0.5) is 0 Å². The van der Waals surface area contributed by atoms with E-state index in [4.69, 9.17) is 4.42 Å². The van der Waals surface area contributed by atoms with Crippen LogP contribution in [0.3, 0.4) is 0 Å². The Kier molecular flexibility index (Phi) is 3.67. The molecule has 0 aliphatic carbocycles. The van der Waals surface area contributed by atoms with Gasteiger partial charge in [-0.25, -0.2) is 9.78 Å². The van der Waals surface area contributed by atoms with Crippen molar-refractivity contribution in [1.29, 1.82) is 0 Å². The summed E-state index contributed by atoms with van der Waals surface area (Å²) >= 11 is 0. The van der Waals surface area contributed by atoms with Crippen LogP contribution in [0.25, 0.3) is 10.9 Å². The molecule has 122 valence electrons.